The Balaban J connectivity index is 2.49. The molecular weight excluding hydrogens is 198 g/mol. The van der Waals surface area contributed by atoms with Crippen molar-refractivity contribution in [3.8, 4) is 0 Å². The summed E-state index contributed by atoms with van der Waals surface area (Å²) in [5.41, 5.74) is 0. The molecule has 0 radical (unpaired) electrons. The van der Waals surface area contributed by atoms with Crippen LogP contribution in [-0.4, -0.2) is 42.8 Å². The minimum absolute atomic E-state index is 0.0132. The molecule has 0 aromatic rings. The second kappa shape index (κ2) is 4.91. The summed E-state index contributed by atoms with van der Waals surface area (Å²) in [6.07, 6.45) is -0.00430. The minimum Gasteiger partial charge on any atom is -0.469 e. The average Bonchev–Trinajstić information content (AvgIpc) is 2.59. The molecule has 84 valence electrons. The Morgan fingerprint density at radius 1 is 1.53 bits per heavy atom. The van der Waals surface area contributed by atoms with Crippen LogP contribution in [0.1, 0.15) is 19.8 Å². The van der Waals surface area contributed by atoms with E-state index in [0.29, 0.717) is 13.1 Å². The number of nitrogens with zero attached hydrogens (tertiary/aromatic N) is 1. The largest absolute Gasteiger partial charge is 0.469 e. The van der Waals surface area contributed by atoms with Gasteiger partial charge in [0.25, 0.3) is 0 Å². The molecule has 0 aliphatic carbocycles. The van der Waals surface area contributed by atoms with Crippen molar-refractivity contribution in [1.82, 2.24) is 4.90 Å². The van der Waals surface area contributed by atoms with Crippen LogP contribution in [0.15, 0.2) is 0 Å². The number of methoxy groups -OCH3 is 1. The van der Waals surface area contributed by atoms with Gasteiger partial charge in [0.15, 0.2) is 0 Å². The summed E-state index contributed by atoms with van der Waals surface area (Å²) >= 11 is 0. The maximum absolute atomic E-state index is 11.5. The Kier molecular flexibility index (Phi) is 3.82. The molecule has 5 nitrogen and oxygen atoms in total. The highest BCUT2D eigenvalue weighted by atomic mass is 16.5. The fourth-order valence-corrected chi connectivity index (χ4v) is 1.65. The molecule has 0 aromatic heterocycles. The number of carbonyl (C=O) groups is 3. The van der Waals surface area contributed by atoms with Crippen molar-refractivity contribution in [3.05, 3.63) is 0 Å². The van der Waals surface area contributed by atoms with E-state index in [1.54, 1.807) is 4.90 Å². The molecule has 0 saturated carbocycles. The molecule has 1 fully saturated rings. The number of likely N-dealkylation sites (tertiary alicyclic amines) is 1. The Hall–Kier alpha value is -1.39. The lowest BCUT2D eigenvalue weighted by Gasteiger charge is -2.12. The zero-order chi connectivity index (χ0) is 11.4. The van der Waals surface area contributed by atoms with E-state index in [9.17, 15) is 14.4 Å². The lowest BCUT2D eigenvalue weighted by atomic mass is 10.0. The van der Waals surface area contributed by atoms with Gasteiger partial charge in [-0.2, -0.15) is 0 Å². The summed E-state index contributed by atoms with van der Waals surface area (Å²) in [7, 11) is 1.24. The Bertz CT molecular complexity index is 287. The van der Waals surface area contributed by atoms with Crippen molar-refractivity contribution in [2.24, 2.45) is 5.92 Å². The van der Waals surface area contributed by atoms with Crippen LogP contribution in [0.2, 0.25) is 0 Å². The van der Waals surface area contributed by atoms with Gasteiger partial charge in [0.05, 0.1) is 7.11 Å². The topological polar surface area (TPSA) is 63.7 Å². The standard InChI is InChI=1S/C10H15NO4/c1-3-11-6-7(4-9(11)13)8(12)5-10(14)15-2/h7H,3-6H2,1-2H3/t7-/m1/s1. The van der Waals surface area contributed by atoms with Crippen LogP contribution in [-0.2, 0) is 19.1 Å². The van der Waals surface area contributed by atoms with Gasteiger partial charge in [-0.1, -0.05) is 0 Å². The van der Waals surface area contributed by atoms with Crippen LogP contribution in [0, 0.1) is 5.92 Å². The van der Waals surface area contributed by atoms with Crippen molar-refractivity contribution in [1.29, 1.82) is 0 Å². The number of ether oxygens (including phenoxy) is 1. The fourth-order valence-electron chi connectivity index (χ4n) is 1.65. The molecule has 0 aromatic carbocycles. The lowest BCUT2D eigenvalue weighted by molar-refractivity contribution is -0.144. The van der Waals surface area contributed by atoms with Gasteiger partial charge in [0.2, 0.25) is 5.91 Å². The fraction of sp³-hybridized carbons (Fsp3) is 0.700. The van der Waals surface area contributed by atoms with E-state index in [1.807, 2.05) is 6.92 Å². The summed E-state index contributed by atoms with van der Waals surface area (Å²) in [6, 6.07) is 0. The summed E-state index contributed by atoms with van der Waals surface area (Å²) < 4.78 is 4.40. The Labute approximate surface area is 88.4 Å². The third kappa shape index (κ3) is 2.78. The van der Waals surface area contributed by atoms with Crippen LogP contribution >= 0.6 is 0 Å². The molecule has 1 rings (SSSR count). The summed E-state index contributed by atoms with van der Waals surface area (Å²) in [5, 5.41) is 0. The summed E-state index contributed by atoms with van der Waals surface area (Å²) in [6.45, 7) is 2.91. The van der Waals surface area contributed by atoms with Gasteiger partial charge in [-0.25, -0.2) is 0 Å². The molecule has 0 unspecified atom stereocenters. The molecule has 1 aliphatic rings. The van der Waals surface area contributed by atoms with E-state index in [0.717, 1.165) is 0 Å². The van der Waals surface area contributed by atoms with E-state index in [1.165, 1.54) is 7.11 Å². The van der Waals surface area contributed by atoms with Gasteiger partial charge in [-0.15, -0.1) is 0 Å². The second-order valence-electron chi connectivity index (χ2n) is 3.55. The number of carbonyl (C=O) groups excluding carboxylic acids is 3. The molecule has 1 saturated heterocycles. The van der Waals surface area contributed by atoms with Crippen molar-refractivity contribution in [3.63, 3.8) is 0 Å². The minimum atomic E-state index is -0.539. The van der Waals surface area contributed by atoms with Crippen LogP contribution < -0.4 is 0 Å². The first-order valence-electron chi connectivity index (χ1n) is 4.95. The van der Waals surface area contributed by atoms with Gasteiger partial charge < -0.3 is 9.64 Å². The van der Waals surface area contributed by atoms with E-state index in [4.69, 9.17) is 0 Å². The van der Waals surface area contributed by atoms with Gasteiger partial charge in [-0.3, -0.25) is 14.4 Å². The Morgan fingerprint density at radius 3 is 2.67 bits per heavy atom. The predicted molar refractivity (Wildman–Crippen MR) is 52.0 cm³/mol. The quantitative estimate of drug-likeness (QED) is 0.486. The number of ketones is 1. The number of rotatable bonds is 4. The number of hydrogen-bond donors (Lipinski definition) is 0. The van der Waals surface area contributed by atoms with Gasteiger partial charge in [0, 0.05) is 25.4 Å². The highest BCUT2D eigenvalue weighted by Gasteiger charge is 2.33. The van der Waals surface area contributed by atoms with Crippen molar-refractivity contribution < 1.29 is 19.1 Å². The highest BCUT2D eigenvalue weighted by molar-refractivity contribution is 5.99. The molecule has 0 bridgehead atoms. The molecule has 0 N–H and O–H groups in total. The molecule has 0 spiro atoms. The third-order valence-electron chi connectivity index (χ3n) is 2.60. The number of Topliss-reactive ketones (excluding diaryl/α,β-unsaturated/α-hetero) is 1. The van der Waals surface area contributed by atoms with Gasteiger partial charge >= 0.3 is 5.97 Å². The SMILES string of the molecule is CCN1C[C@H](C(=O)CC(=O)OC)CC1=O. The normalized spacial score (nSPS) is 20.5. The monoisotopic (exact) mass is 213 g/mol. The van der Waals surface area contributed by atoms with Crippen LogP contribution in [0.4, 0.5) is 0 Å². The molecule has 1 amide bonds. The van der Waals surface area contributed by atoms with Gasteiger partial charge in [0.1, 0.15) is 12.2 Å². The molecule has 1 heterocycles. The maximum atomic E-state index is 11.5. The molecule has 15 heavy (non-hydrogen) atoms. The number of hydrogen-bond acceptors (Lipinski definition) is 4. The van der Waals surface area contributed by atoms with Crippen LogP contribution in [0.3, 0.4) is 0 Å². The zero-order valence-corrected chi connectivity index (χ0v) is 8.99. The van der Waals surface area contributed by atoms with Crippen LogP contribution in [0.5, 0.6) is 0 Å². The van der Waals surface area contributed by atoms with Crippen LogP contribution in [0.25, 0.3) is 0 Å². The van der Waals surface area contributed by atoms with Gasteiger partial charge in [-0.05, 0) is 6.92 Å². The number of amides is 1. The lowest BCUT2D eigenvalue weighted by Crippen LogP contribution is -2.26. The molecule has 1 aliphatic heterocycles. The smallest absolute Gasteiger partial charge is 0.313 e. The zero-order valence-electron chi connectivity index (χ0n) is 8.99. The van der Waals surface area contributed by atoms with Crippen molar-refractivity contribution in [2.75, 3.05) is 20.2 Å². The summed E-state index contributed by atoms with van der Waals surface area (Å²) in [5.74, 6) is -1.09. The highest BCUT2D eigenvalue weighted by Crippen LogP contribution is 2.19. The van der Waals surface area contributed by atoms with Crippen molar-refractivity contribution >= 4 is 17.7 Å². The Morgan fingerprint density at radius 2 is 2.20 bits per heavy atom. The van der Waals surface area contributed by atoms with E-state index in [2.05, 4.69) is 4.74 Å². The maximum Gasteiger partial charge on any atom is 0.313 e. The average molecular weight is 213 g/mol. The van der Waals surface area contributed by atoms with E-state index >= 15 is 0 Å². The number of esters is 1. The van der Waals surface area contributed by atoms with Crippen molar-refractivity contribution in [2.45, 2.75) is 19.8 Å². The van der Waals surface area contributed by atoms with E-state index < -0.39 is 5.97 Å². The first kappa shape index (κ1) is 11.7. The second-order valence-corrected chi connectivity index (χ2v) is 3.55. The van der Waals surface area contributed by atoms with E-state index in [-0.39, 0.29) is 30.4 Å². The molecule has 1 atom stereocenters. The molecular formula is C10H15NO4. The summed E-state index contributed by atoms with van der Waals surface area (Å²) in [4.78, 5) is 35.4. The first-order chi connectivity index (χ1) is 7.08. The molecule has 5 heteroatoms. The predicted octanol–water partition coefficient (Wildman–Crippen LogP) is -0.0130. The third-order valence-corrected chi connectivity index (χ3v) is 2.60. The first-order valence-corrected chi connectivity index (χ1v) is 4.95.